The molecule has 1 aromatic heterocycles. The zero-order chi connectivity index (χ0) is 20.6. The van der Waals surface area contributed by atoms with Gasteiger partial charge in [-0.2, -0.15) is 0 Å². The first-order valence-electron chi connectivity index (χ1n) is 9.05. The van der Waals surface area contributed by atoms with Gasteiger partial charge in [0, 0.05) is 23.3 Å². The molecule has 2 aromatic carbocycles. The van der Waals surface area contributed by atoms with E-state index in [1.807, 2.05) is 55.5 Å². The quantitative estimate of drug-likeness (QED) is 0.532. The number of halogens is 1. The molecule has 29 heavy (non-hydrogen) atoms. The van der Waals surface area contributed by atoms with E-state index in [0.29, 0.717) is 22.9 Å². The Morgan fingerprint density at radius 3 is 2.62 bits per heavy atom. The highest BCUT2D eigenvalue weighted by atomic mass is 79.9. The van der Waals surface area contributed by atoms with Crippen LogP contribution in [0.25, 0.3) is 0 Å². The van der Waals surface area contributed by atoms with Crippen LogP contribution in [0.15, 0.2) is 71.3 Å². The van der Waals surface area contributed by atoms with Crippen molar-refractivity contribution in [2.75, 3.05) is 13.2 Å². The number of aliphatic hydroxyl groups excluding tert-OH is 1. The van der Waals surface area contributed by atoms with Gasteiger partial charge in [-0.05, 0) is 55.0 Å². The molecule has 1 unspecified atom stereocenters. The van der Waals surface area contributed by atoms with E-state index in [0.717, 1.165) is 10.0 Å². The van der Waals surface area contributed by atoms with Gasteiger partial charge in [0.1, 0.15) is 24.2 Å². The molecule has 3 aromatic rings. The van der Waals surface area contributed by atoms with E-state index in [1.165, 1.54) is 6.20 Å². The van der Waals surface area contributed by atoms with Gasteiger partial charge in [0.15, 0.2) is 0 Å². The summed E-state index contributed by atoms with van der Waals surface area (Å²) in [5.74, 6) is 1.38. The van der Waals surface area contributed by atoms with Crippen molar-refractivity contribution in [2.45, 2.75) is 13.0 Å². The van der Waals surface area contributed by atoms with Crippen LogP contribution in [0.2, 0.25) is 0 Å². The first-order chi connectivity index (χ1) is 14.0. The molecule has 3 rings (SSSR count). The van der Waals surface area contributed by atoms with E-state index >= 15 is 0 Å². The third kappa shape index (κ3) is 6.58. The first-order valence-corrected chi connectivity index (χ1v) is 9.84. The molecule has 0 bridgehead atoms. The number of carbonyl (C=O) groups excluding carboxylic acids is 1. The van der Waals surface area contributed by atoms with Gasteiger partial charge in [0.05, 0.1) is 5.56 Å². The molecule has 0 aliphatic rings. The summed E-state index contributed by atoms with van der Waals surface area (Å²) in [5.41, 5.74) is 1.45. The molecule has 2 N–H and O–H groups in total. The Bertz CT molecular complexity index is 946. The molecule has 0 saturated carbocycles. The van der Waals surface area contributed by atoms with Gasteiger partial charge < -0.3 is 19.9 Å². The van der Waals surface area contributed by atoms with Gasteiger partial charge in [0.2, 0.25) is 5.88 Å². The number of rotatable bonds is 8. The maximum atomic E-state index is 12.2. The summed E-state index contributed by atoms with van der Waals surface area (Å²) in [6.45, 7) is 2.12. The van der Waals surface area contributed by atoms with E-state index in [9.17, 15) is 9.90 Å². The van der Waals surface area contributed by atoms with Crippen LogP contribution >= 0.6 is 15.9 Å². The van der Waals surface area contributed by atoms with E-state index in [1.54, 1.807) is 12.1 Å². The fraction of sp³-hybridized carbons (Fsp3) is 0.182. The van der Waals surface area contributed by atoms with E-state index in [-0.39, 0.29) is 19.1 Å². The van der Waals surface area contributed by atoms with Gasteiger partial charge in [0.25, 0.3) is 5.91 Å². The molecule has 6 nitrogen and oxygen atoms in total. The monoisotopic (exact) mass is 456 g/mol. The number of ether oxygens (including phenoxy) is 2. The number of nitrogens with zero attached hydrogens (tertiary/aromatic N) is 1. The van der Waals surface area contributed by atoms with Gasteiger partial charge in [-0.25, -0.2) is 4.98 Å². The van der Waals surface area contributed by atoms with Gasteiger partial charge in [-0.15, -0.1) is 0 Å². The number of carbonyl (C=O) groups is 1. The number of hydrogen-bond acceptors (Lipinski definition) is 5. The molecule has 0 radical (unpaired) electrons. The minimum atomic E-state index is -0.826. The second-order valence-corrected chi connectivity index (χ2v) is 7.35. The standard InChI is InChI=1S/C22H21BrN2O4/c1-15-3-2-4-20(11-15)28-14-18(26)13-25-22(27)16-5-10-21(24-12-16)29-19-8-6-17(23)7-9-19/h2-12,18,26H,13-14H2,1H3,(H,25,27). The van der Waals surface area contributed by atoms with Crippen molar-refractivity contribution in [1.82, 2.24) is 10.3 Å². The Balaban J connectivity index is 1.45. The highest BCUT2D eigenvalue weighted by molar-refractivity contribution is 9.10. The Morgan fingerprint density at radius 1 is 1.14 bits per heavy atom. The Morgan fingerprint density at radius 2 is 1.93 bits per heavy atom. The molecular formula is C22H21BrN2O4. The lowest BCUT2D eigenvalue weighted by atomic mass is 10.2. The van der Waals surface area contributed by atoms with Crippen molar-refractivity contribution in [3.63, 3.8) is 0 Å². The second kappa shape index (κ2) is 10.0. The number of aliphatic hydroxyl groups is 1. The van der Waals surface area contributed by atoms with Crippen LogP contribution in [0.3, 0.4) is 0 Å². The largest absolute Gasteiger partial charge is 0.491 e. The highest BCUT2D eigenvalue weighted by Crippen LogP contribution is 2.21. The van der Waals surface area contributed by atoms with E-state index in [4.69, 9.17) is 9.47 Å². The molecule has 0 aliphatic carbocycles. The molecular weight excluding hydrogens is 436 g/mol. The Kier molecular flexibility index (Phi) is 7.21. The summed E-state index contributed by atoms with van der Waals surface area (Å²) in [6, 6.07) is 18.1. The van der Waals surface area contributed by atoms with Crippen LogP contribution < -0.4 is 14.8 Å². The topological polar surface area (TPSA) is 80.7 Å². The fourth-order valence-electron chi connectivity index (χ4n) is 2.47. The van der Waals surface area contributed by atoms with E-state index < -0.39 is 6.10 Å². The van der Waals surface area contributed by atoms with E-state index in [2.05, 4.69) is 26.2 Å². The SMILES string of the molecule is Cc1cccc(OCC(O)CNC(=O)c2ccc(Oc3ccc(Br)cc3)nc2)c1. The normalized spacial score (nSPS) is 11.6. The summed E-state index contributed by atoms with van der Waals surface area (Å²) in [5, 5.41) is 12.7. The third-order valence-corrected chi connectivity index (χ3v) is 4.49. The van der Waals surface area contributed by atoms with Crippen LogP contribution in [0, 0.1) is 6.92 Å². The van der Waals surface area contributed by atoms with Crippen molar-refractivity contribution in [2.24, 2.45) is 0 Å². The van der Waals surface area contributed by atoms with Gasteiger partial charge >= 0.3 is 0 Å². The molecule has 1 amide bonds. The molecule has 0 fully saturated rings. The van der Waals surface area contributed by atoms with Crippen molar-refractivity contribution < 1.29 is 19.4 Å². The maximum Gasteiger partial charge on any atom is 0.252 e. The summed E-state index contributed by atoms with van der Waals surface area (Å²) in [6.07, 6.45) is 0.603. The molecule has 0 spiro atoms. The van der Waals surface area contributed by atoms with Crippen molar-refractivity contribution in [3.05, 3.63) is 82.5 Å². The predicted octanol–water partition coefficient (Wildman–Crippen LogP) is 4.11. The number of nitrogens with one attached hydrogen (secondary N) is 1. The lowest BCUT2D eigenvalue weighted by Gasteiger charge is -2.13. The summed E-state index contributed by atoms with van der Waals surface area (Å²) < 4.78 is 12.1. The van der Waals surface area contributed by atoms with Crippen molar-refractivity contribution in [3.8, 4) is 17.4 Å². The van der Waals surface area contributed by atoms with Crippen LogP contribution in [-0.4, -0.2) is 35.3 Å². The zero-order valence-corrected chi connectivity index (χ0v) is 17.4. The number of pyridine rings is 1. The van der Waals surface area contributed by atoms with Crippen LogP contribution in [0.5, 0.6) is 17.4 Å². The van der Waals surface area contributed by atoms with Crippen LogP contribution in [0.4, 0.5) is 0 Å². The summed E-state index contributed by atoms with van der Waals surface area (Å²) in [4.78, 5) is 16.4. The average molecular weight is 457 g/mol. The zero-order valence-electron chi connectivity index (χ0n) is 15.8. The summed E-state index contributed by atoms with van der Waals surface area (Å²) in [7, 11) is 0. The second-order valence-electron chi connectivity index (χ2n) is 6.43. The molecule has 0 saturated heterocycles. The minimum Gasteiger partial charge on any atom is -0.491 e. The Labute approximate surface area is 177 Å². The van der Waals surface area contributed by atoms with Crippen LogP contribution in [-0.2, 0) is 0 Å². The number of benzene rings is 2. The predicted molar refractivity (Wildman–Crippen MR) is 113 cm³/mol. The maximum absolute atomic E-state index is 12.2. The number of hydrogen-bond donors (Lipinski definition) is 2. The van der Waals surface area contributed by atoms with Crippen molar-refractivity contribution >= 4 is 21.8 Å². The molecule has 7 heteroatoms. The minimum absolute atomic E-state index is 0.0712. The summed E-state index contributed by atoms with van der Waals surface area (Å²) >= 11 is 3.36. The highest BCUT2D eigenvalue weighted by Gasteiger charge is 2.11. The number of amides is 1. The Hall–Kier alpha value is -2.90. The van der Waals surface area contributed by atoms with Crippen LogP contribution in [0.1, 0.15) is 15.9 Å². The van der Waals surface area contributed by atoms with Crippen molar-refractivity contribution in [1.29, 1.82) is 0 Å². The van der Waals surface area contributed by atoms with Gasteiger partial charge in [-0.3, -0.25) is 4.79 Å². The average Bonchev–Trinajstić information content (AvgIpc) is 2.73. The first kappa shape index (κ1) is 20.8. The molecule has 1 atom stereocenters. The lowest BCUT2D eigenvalue weighted by Crippen LogP contribution is -2.35. The molecule has 1 heterocycles. The van der Waals surface area contributed by atoms with Gasteiger partial charge in [-0.1, -0.05) is 28.1 Å². The number of aryl methyl sites for hydroxylation is 1. The third-order valence-electron chi connectivity index (χ3n) is 3.96. The lowest BCUT2D eigenvalue weighted by molar-refractivity contribution is 0.0843. The fourth-order valence-corrected chi connectivity index (χ4v) is 2.73. The molecule has 0 aliphatic heterocycles. The number of aromatic nitrogens is 1. The smallest absolute Gasteiger partial charge is 0.252 e. The molecule has 150 valence electrons.